The number of carbonyl (C=O) groups excluding carboxylic acids is 1. The van der Waals surface area contributed by atoms with Crippen LogP contribution in [0.15, 0.2) is 0 Å². The zero-order chi connectivity index (χ0) is 6.57. The van der Waals surface area contributed by atoms with Crippen LogP contribution in [0.25, 0.3) is 0 Å². The molecule has 0 saturated carbocycles. The first-order valence-corrected chi connectivity index (χ1v) is 2.27. The van der Waals surface area contributed by atoms with Gasteiger partial charge in [0.25, 0.3) is 0 Å². The van der Waals surface area contributed by atoms with E-state index in [9.17, 15) is 4.79 Å². The number of hydrogen-bond acceptors (Lipinski definition) is 2. The molecule has 4 nitrogen and oxygen atoms in total. The van der Waals surface area contributed by atoms with E-state index >= 15 is 0 Å². The molecule has 0 radical (unpaired) electrons. The van der Waals surface area contributed by atoms with Crippen molar-refractivity contribution in [3.63, 3.8) is 0 Å². The lowest BCUT2D eigenvalue weighted by Gasteiger charge is -2.07. The predicted octanol–water partition coefficient (Wildman–Crippen LogP) is -0.836. The van der Waals surface area contributed by atoms with E-state index in [1.54, 1.807) is 7.05 Å². The van der Waals surface area contributed by atoms with E-state index in [-0.39, 0.29) is 17.9 Å². The van der Waals surface area contributed by atoms with Gasteiger partial charge in [0.05, 0.1) is 6.07 Å². The van der Waals surface area contributed by atoms with Crippen molar-refractivity contribution < 1.29 is 10.3 Å². The third-order valence-corrected chi connectivity index (χ3v) is 0.845. The van der Waals surface area contributed by atoms with Gasteiger partial charge in [-0.25, -0.2) is 0 Å². The molecule has 0 unspecified atom stereocenters. The Labute approximate surface area is 54.0 Å². The first-order chi connectivity index (χ1) is 3.68. The summed E-state index contributed by atoms with van der Waals surface area (Å²) >= 11 is 0. The van der Waals surface area contributed by atoms with Crippen LogP contribution in [0.2, 0.25) is 0 Å². The smallest absolute Gasteiger partial charge is 0.220 e. The molecule has 0 atom stereocenters. The molecular weight excluding hydrogens is 120 g/mol. The average Bonchev–Trinajstić information content (AvgIpc) is 1.67. The van der Waals surface area contributed by atoms with Crippen LogP contribution in [0.1, 0.15) is 6.92 Å². The summed E-state index contributed by atoms with van der Waals surface area (Å²) in [5, 5.41) is 8.04. The van der Waals surface area contributed by atoms with Crippen molar-refractivity contribution in [2.24, 2.45) is 0 Å². The molecule has 0 rings (SSSR count). The van der Waals surface area contributed by atoms with Crippen molar-refractivity contribution in [3.05, 3.63) is 0 Å². The Morgan fingerprint density at radius 3 is 2.33 bits per heavy atom. The highest BCUT2D eigenvalue weighted by molar-refractivity contribution is 5.73. The van der Waals surface area contributed by atoms with Gasteiger partial charge in [0.2, 0.25) is 5.91 Å². The van der Waals surface area contributed by atoms with Crippen molar-refractivity contribution in [1.82, 2.24) is 4.90 Å². The molecule has 1 amide bonds. The van der Waals surface area contributed by atoms with E-state index in [4.69, 9.17) is 5.26 Å². The maximum absolute atomic E-state index is 10.3. The molecule has 0 aromatic carbocycles. The Bertz CT molecular complexity index is 127. The molecule has 52 valence electrons. The van der Waals surface area contributed by atoms with E-state index < -0.39 is 0 Å². The predicted molar refractivity (Wildman–Crippen MR) is 32.5 cm³/mol. The minimum atomic E-state index is -0.0773. The lowest BCUT2D eigenvalue weighted by molar-refractivity contribution is -0.126. The van der Waals surface area contributed by atoms with Crippen LogP contribution >= 0.6 is 0 Å². The number of rotatable bonds is 1. The van der Waals surface area contributed by atoms with Gasteiger partial charge in [-0.05, 0) is 0 Å². The van der Waals surface area contributed by atoms with Crippen LogP contribution in [0.3, 0.4) is 0 Å². The summed E-state index contributed by atoms with van der Waals surface area (Å²) in [6.45, 7) is 1.60. The van der Waals surface area contributed by atoms with Crippen LogP contribution in [0.5, 0.6) is 0 Å². The van der Waals surface area contributed by atoms with Crippen LogP contribution in [0.4, 0.5) is 0 Å². The highest BCUT2D eigenvalue weighted by Crippen LogP contribution is 1.78. The van der Waals surface area contributed by atoms with Crippen LogP contribution in [-0.4, -0.2) is 29.9 Å². The number of amides is 1. The fourth-order valence-electron chi connectivity index (χ4n) is 0.217. The van der Waals surface area contributed by atoms with Crippen molar-refractivity contribution in [2.45, 2.75) is 6.92 Å². The molecule has 2 N–H and O–H groups in total. The second-order valence-corrected chi connectivity index (χ2v) is 1.53. The minimum absolute atomic E-state index is 0. The molecular formula is C5H10N2O2. The molecule has 0 fully saturated rings. The topological polar surface area (TPSA) is 75.6 Å². The Kier molecular flexibility index (Phi) is 6.09. The number of nitriles is 1. The summed E-state index contributed by atoms with van der Waals surface area (Å²) in [5.74, 6) is -0.0773. The molecule has 0 aliphatic carbocycles. The average molecular weight is 130 g/mol. The van der Waals surface area contributed by atoms with E-state index in [2.05, 4.69) is 0 Å². The molecule has 0 spiro atoms. The first kappa shape index (κ1) is 10.8. The van der Waals surface area contributed by atoms with E-state index in [1.807, 2.05) is 6.07 Å². The number of hydrogen-bond donors (Lipinski definition) is 0. The third kappa shape index (κ3) is 4.78. The Balaban J connectivity index is 0. The van der Waals surface area contributed by atoms with Gasteiger partial charge < -0.3 is 10.4 Å². The summed E-state index contributed by atoms with van der Waals surface area (Å²) in [5.41, 5.74) is 0. The summed E-state index contributed by atoms with van der Waals surface area (Å²) in [4.78, 5) is 11.7. The highest BCUT2D eigenvalue weighted by atomic mass is 16.2. The number of nitrogens with zero attached hydrogens (tertiary/aromatic N) is 2. The Morgan fingerprint density at radius 2 is 2.22 bits per heavy atom. The van der Waals surface area contributed by atoms with Gasteiger partial charge in [0.15, 0.2) is 0 Å². The third-order valence-electron chi connectivity index (χ3n) is 0.845. The monoisotopic (exact) mass is 130 g/mol. The van der Waals surface area contributed by atoms with Crippen molar-refractivity contribution in [3.8, 4) is 6.07 Å². The Morgan fingerprint density at radius 1 is 1.78 bits per heavy atom. The van der Waals surface area contributed by atoms with E-state index in [0.717, 1.165) is 0 Å². The quantitative estimate of drug-likeness (QED) is 0.434. The molecule has 0 aliphatic rings. The normalized spacial score (nSPS) is 6.78. The van der Waals surface area contributed by atoms with E-state index in [1.165, 1.54) is 11.8 Å². The zero-order valence-corrected chi connectivity index (χ0v) is 5.51. The standard InChI is InChI=1S/C5H8N2O.H2O/c1-5(8)7(2)4-3-6;/h4H2,1-2H3;1H2. The summed E-state index contributed by atoms with van der Waals surface area (Å²) in [7, 11) is 1.59. The lowest BCUT2D eigenvalue weighted by atomic mass is 10.5. The fourth-order valence-corrected chi connectivity index (χ4v) is 0.217. The minimum Gasteiger partial charge on any atom is -0.412 e. The molecule has 0 aliphatic heterocycles. The molecule has 0 aromatic heterocycles. The Hall–Kier alpha value is -1.08. The maximum atomic E-state index is 10.3. The van der Waals surface area contributed by atoms with Crippen molar-refractivity contribution in [2.75, 3.05) is 13.6 Å². The largest absolute Gasteiger partial charge is 0.412 e. The van der Waals surface area contributed by atoms with Crippen LogP contribution < -0.4 is 0 Å². The molecule has 9 heavy (non-hydrogen) atoms. The van der Waals surface area contributed by atoms with E-state index in [0.29, 0.717) is 0 Å². The molecule has 0 saturated heterocycles. The van der Waals surface area contributed by atoms with Gasteiger partial charge in [-0.15, -0.1) is 0 Å². The SMILES string of the molecule is CC(=O)N(C)CC#N.O. The fraction of sp³-hybridized carbons (Fsp3) is 0.600. The lowest BCUT2D eigenvalue weighted by Crippen LogP contribution is -2.23. The van der Waals surface area contributed by atoms with Crippen molar-refractivity contribution >= 4 is 5.91 Å². The second-order valence-electron chi connectivity index (χ2n) is 1.53. The van der Waals surface area contributed by atoms with Gasteiger partial charge in [-0.3, -0.25) is 4.79 Å². The summed E-state index contributed by atoms with van der Waals surface area (Å²) in [6, 6.07) is 1.85. The van der Waals surface area contributed by atoms with Crippen molar-refractivity contribution in [1.29, 1.82) is 5.26 Å². The van der Waals surface area contributed by atoms with Crippen LogP contribution in [-0.2, 0) is 4.79 Å². The molecule has 4 heteroatoms. The zero-order valence-electron chi connectivity index (χ0n) is 5.51. The van der Waals surface area contributed by atoms with Gasteiger partial charge >= 0.3 is 0 Å². The van der Waals surface area contributed by atoms with Gasteiger partial charge in [-0.1, -0.05) is 0 Å². The summed E-state index contributed by atoms with van der Waals surface area (Å²) < 4.78 is 0. The van der Waals surface area contributed by atoms with Crippen LogP contribution in [0, 0.1) is 11.3 Å². The summed E-state index contributed by atoms with van der Waals surface area (Å²) in [6.07, 6.45) is 0. The maximum Gasteiger partial charge on any atom is 0.220 e. The first-order valence-electron chi connectivity index (χ1n) is 2.27. The molecule has 0 aromatic rings. The second kappa shape index (κ2) is 5.06. The van der Waals surface area contributed by atoms with Gasteiger partial charge in [0, 0.05) is 14.0 Å². The number of carbonyl (C=O) groups is 1. The van der Waals surface area contributed by atoms with Gasteiger partial charge in [0.1, 0.15) is 6.54 Å². The van der Waals surface area contributed by atoms with Gasteiger partial charge in [-0.2, -0.15) is 5.26 Å². The molecule has 0 heterocycles. The highest BCUT2D eigenvalue weighted by Gasteiger charge is 1.96. The molecule has 0 bridgehead atoms.